The van der Waals surface area contributed by atoms with E-state index in [0.717, 1.165) is 0 Å². The van der Waals surface area contributed by atoms with Crippen molar-refractivity contribution < 1.29 is 31.8 Å². The number of ether oxygens (including phenoxy) is 2. The summed E-state index contributed by atoms with van der Waals surface area (Å²) in [5.41, 5.74) is -1.60. The second kappa shape index (κ2) is 7.40. The van der Waals surface area contributed by atoms with E-state index in [4.69, 9.17) is 21.1 Å². The smallest absolute Gasteiger partial charge is 0.283 e. The van der Waals surface area contributed by atoms with E-state index >= 15 is 0 Å². The van der Waals surface area contributed by atoms with Crippen molar-refractivity contribution in [2.24, 2.45) is 0 Å². The molecule has 0 bridgehead atoms. The molecule has 0 saturated heterocycles. The fraction of sp³-hybridized carbons (Fsp3) is 0.333. The van der Waals surface area contributed by atoms with Gasteiger partial charge in [-0.2, -0.15) is 5.10 Å². The maximum Gasteiger partial charge on any atom is 0.283 e. The molecule has 0 radical (unpaired) electrons. The van der Waals surface area contributed by atoms with Gasteiger partial charge in [-0.1, -0.05) is 11.6 Å². The van der Waals surface area contributed by atoms with Gasteiger partial charge in [0.2, 0.25) is 5.91 Å². The maximum atomic E-state index is 13.1. The highest BCUT2D eigenvalue weighted by atomic mass is 35.5. The van der Waals surface area contributed by atoms with Crippen molar-refractivity contribution in [3.63, 3.8) is 0 Å². The second-order valence-electron chi connectivity index (χ2n) is 5.25. The van der Waals surface area contributed by atoms with Crippen molar-refractivity contribution in [3.05, 3.63) is 34.6 Å². The summed E-state index contributed by atoms with van der Waals surface area (Å²) in [6, 6.07) is 4.61. The molecule has 1 aliphatic rings. The fourth-order valence-corrected chi connectivity index (χ4v) is 2.70. The standard InChI is InChI=1S/C15H12ClF4N3O3/c16-11-12(14(17)18)22-23(13(11)15(19)20)6-10(24)21-7-1-2-8-9(5-7)26-4-3-25-8/h1-2,5,14-15H,3-4,6H2,(H,21,24). The van der Waals surface area contributed by atoms with Gasteiger partial charge in [-0.05, 0) is 12.1 Å². The third-order valence-corrected chi connectivity index (χ3v) is 3.88. The van der Waals surface area contributed by atoms with Crippen molar-refractivity contribution >= 4 is 23.2 Å². The van der Waals surface area contributed by atoms with Gasteiger partial charge in [0.05, 0.1) is 5.02 Å². The molecular weight excluding hydrogens is 382 g/mol. The highest BCUT2D eigenvalue weighted by Crippen LogP contribution is 2.35. The van der Waals surface area contributed by atoms with E-state index in [1.54, 1.807) is 6.07 Å². The lowest BCUT2D eigenvalue weighted by atomic mass is 10.2. The Labute approximate surface area is 149 Å². The van der Waals surface area contributed by atoms with Crippen molar-refractivity contribution in [1.82, 2.24) is 9.78 Å². The minimum absolute atomic E-state index is 0.324. The molecule has 0 unspecified atom stereocenters. The first kappa shape index (κ1) is 18.3. The van der Waals surface area contributed by atoms with E-state index in [-0.39, 0.29) is 0 Å². The van der Waals surface area contributed by atoms with Crippen LogP contribution in [0.25, 0.3) is 0 Å². The molecular formula is C15H12ClF4N3O3. The number of fused-ring (bicyclic) bond motifs is 1. The molecule has 26 heavy (non-hydrogen) atoms. The first-order valence-electron chi connectivity index (χ1n) is 7.38. The lowest BCUT2D eigenvalue weighted by molar-refractivity contribution is -0.117. The summed E-state index contributed by atoms with van der Waals surface area (Å²) in [6.45, 7) is 0.0481. The summed E-state index contributed by atoms with van der Waals surface area (Å²) in [6.07, 6.45) is -6.30. The van der Waals surface area contributed by atoms with Crippen LogP contribution in [0.3, 0.4) is 0 Å². The van der Waals surface area contributed by atoms with E-state index in [1.807, 2.05) is 0 Å². The molecule has 1 aliphatic heterocycles. The van der Waals surface area contributed by atoms with Crippen molar-refractivity contribution in [2.45, 2.75) is 19.4 Å². The predicted molar refractivity (Wildman–Crippen MR) is 83.2 cm³/mol. The van der Waals surface area contributed by atoms with E-state index in [2.05, 4.69) is 10.4 Å². The third kappa shape index (κ3) is 3.69. The number of nitrogens with zero attached hydrogens (tertiary/aromatic N) is 2. The monoisotopic (exact) mass is 393 g/mol. The molecule has 0 fully saturated rings. The van der Waals surface area contributed by atoms with Crippen LogP contribution in [0, 0.1) is 0 Å². The van der Waals surface area contributed by atoms with Crippen LogP contribution in [0.15, 0.2) is 18.2 Å². The number of nitrogens with one attached hydrogen (secondary N) is 1. The Hall–Kier alpha value is -2.49. The van der Waals surface area contributed by atoms with Gasteiger partial charge in [0.1, 0.15) is 31.1 Å². The minimum atomic E-state index is -3.16. The molecule has 1 N–H and O–H groups in total. The van der Waals surface area contributed by atoms with Gasteiger partial charge < -0.3 is 14.8 Å². The molecule has 1 aromatic carbocycles. The van der Waals surface area contributed by atoms with Gasteiger partial charge in [0.15, 0.2) is 11.5 Å². The number of rotatable bonds is 5. The van der Waals surface area contributed by atoms with Crippen LogP contribution in [-0.2, 0) is 11.3 Å². The molecule has 140 valence electrons. The molecule has 6 nitrogen and oxygen atoms in total. The molecule has 2 aromatic rings. The number of hydrogen-bond acceptors (Lipinski definition) is 4. The van der Waals surface area contributed by atoms with Crippen LogP contribution in [0.4, 0.5) is 23.2 Å². The molecule has 1 aromatic heterocycles. The van der Waals surface area contributed by atoms with E-state index in [9.17, 15) is 22.4 Å². The number of amides is 1. The van der Waals surface area contributed by atoms with Gasteiger partial charge in [-0.25, -0.2) is 17.6 Å². The van der Waals surface area contributed by atoms with Crippen LogP contribution >= 0.6 is 11.6 Å². The number of anilines is 1. The summed E-state index contributed by atoms with van der Waals surface area (Å²) in [5, 5.41) is 4.94. The van der Waals surface area contributed by atoms with Crippen LogP contribution in [0.2, 0.25) is 5.02 Å². The topological polar surface area (TPSA) is 65.4 Å². The van der Waals surface area contributed by atoms with Crippen LogP contribution in [-0.4, -0.2) is 28.9 Å². The first-order chi connectivity index (χ1) is 12.4. The third-order valence-electron chi connectivity index (χ3n) is 3.49. The average Bonchev–Trinajstić information content (AvgIpc) is 2.91. The number of carbonyl (C=O) groups is 1. The zero-order valence-electron chi connectivity index (χ0n) is 13.0. The van der Waals surface area contributed by atoms with Crippen LogP contribution < -0.4 is 14.8 Å². The van der Waals surface area contributed by atoms with Crippen LogP contribution in [0.1, 0.15) is 24.2 Å². The Morgan fingerprint density at radius 1 is 1.19 bits per heavy atom. The van der Waals surface area contributed by atoms with Gasteiger partial charge in [-0.3, -0.25) is 9.48 Å². The summed E-state index contributed by atoms with van der Waals surface area (Å²) in [4.78, 5) is 12.1. The Morgan fingerprint density at radius 3 is 2.54 bits per heavy atom. The first-order valence-corrected chi connectivity index (χ1v) is 7.76. The zero-order chi connectivity index (χ0) is 18.8. The fourth-order valence-electron chi connectivity index (χ4n) is 2.40. The molecule has 3 rings (SSSR count). The lowest BCUT2D eigenvalue weighted by Gasteiger charge is -2.19. The molecule has 0 saturated carbocycles. The Bertz CT molecular complexity index is 829. The molecule has 1 amide bonds. The second-order valence-corrected chi connectivity index (χ2v) is 5.63. The number of hydrogen-bond donors (Lipinski definition) is 1. The Morgan fingerprint density at radius 2 is 1.88 bits per heavy atom. The van der Waals surface area contributed by atoms with Gasteiger partial charge in [0, 0.05) is 11.8 Å². The maximum absolute atomic E-state index is 13.1. The van der Waals surface area contributed by atoms with Gasteiger partial charge >= 0.3 is 0 Å². The highest BCUT2D eigenvalue weighted by molar-refractivity contribution is 6.32. The van der Waals surface area contributed by atoms with Crippen molar-refractivity contribution in [3.8, 4) is 11.5 Å². The number of aromatic nitrogens is 2. The minimum Gasteiger partial charge on any atom is -0.486 e. The molecule has 0 aliphatic carbocycles. The van der Waals surface area contributed by atoms with Crippen LogP contribution in [0.5, 0.6) is 11.5 Å². The summed E-state index contributed by atoms with van der Waals surface area (Å²) in [5.74, 6) is 0.183. The number of halogens is 5. The quantitative estimate of drug-likeness (QED) is 0.784. The SMILES string of the molecule is O=C(Cn1nc(C(F)F)c(Cl)c1C(F)F)Nc1ccc2c(c1)OCCO2. The average molecular weight is 394 g/mol. The van der Waals surface area contributed by atoms with Crippen molar-refractivity contribution in [2.75, 3.05) is 18.5 Å². The Balaban J connectivity index is 1.77. The van der Waals surface area contributed by atoms with E-state index in [1.165, 1.54) is 12.1 Å². The molecule has 11 heteroatoms. The highest BCUT2D eigenvalue weighted by Gasteiger charge is 2.28. The number of benzene rings is 1. The summed E-state index contributed by atoms with van der Waals surface area (Å²) in [7, 11) is 0. The molecule has 2 heterocycles. The molecule has 0 spiro atoms. The number of alkyl halides is 4. The van der Waals surface area contributed by atoms with E-state index < -0.39 is 41.7 Å². The van der Waals surface area contributed by atoms with Gasteiger partial charge in [-0.15, -0.1) is 0 Å². The van der Waals surface area contributed by atoms with Crippen molar-refractivity contribution in [1.29, 1.82) is 0 Å². The Kier molecular flexibility index (Phi) is 5.21. The van der Waals surface area contributed by atoms with Gasteiger partial charge in [0.25, 0.3) is 12.9 Å². The predicted octanol–water partition coefficient (Wildman–Crippen LogP) is 3.82. The molecule has 0 atom stereocenters. The summed E-state index contributed by atoms with van der Waals surface area (Å²) >= 11 is 5.54. The zero-order valence-corrected chi connectivity index (χ0v) is 13.8. The van der Waals surface area contributed by atoms with E-state index in [0.29, 0.717) is 35.1 Å². The normalized spacial score (nSPS) is 13.3. The lowest BCUT2D eigenvalue weighted by Crippen LogP contribution is -2.21. The largest absolute Gasteiger partial charge is 0.486 e. The number of carbonyl (C=O) groups excluding carboxylic acids is 1. The summed E-state index contributed by atoms with van der Waals surface area (Å²) < 4.78 is 62.9.